The third-order valence-corrected chi connectivity index (χ3v) is 5.05. The summed E-state index contributed by atoms with van der Waals surface area (Å²) in [5, 5.41) is 6.53. The molecule has 17 heavy (non-hydrogen) atoms. The van der Waals surface area contributed by atoms with Gasteiger partial charge in [0.05, 0.1) is 6.04 Å². The van der Waals surface area contributed by atoms with Gasteiger partial charge >= 0.3 is 0 Å². The molecule has 1 heterocycles. The van der Waals surface area contributed by atoms with Crippen molar-refractivity contribution in [2.45, 2.75) is 51.0 Å². The summed E-state index contributed by atoms with van der Waals surface area (Å²) in [7, 11) is 0. The van der Waals surface area contributed by atoms with E-state index in [-0.39, 0.29) is 11.9 Å². The standard InChI is InChI=1S/C14H24N2O/c17-14-13(3-1-2-6-15-14)16-9-12-8-10-4-5-11(12)7-10/h10-13,16H,1-9H2,(H,15,17). The SMILES string of the molecule is O=C1NCCCCC1NCC1CC2CCC1C2. The van der Waals surface area contributed by atoms with Crippen LogP contribution in [0, 0.1) is 17.8 Å². The van der Waals surface area contributed by atoms with Gasteiger partial charge in [0.25, 0.3) is 0 Å². The molecule has 96 valence electrons. The summed E-state index contributed by atoms with van der Waals surface area (Å²) in [5.74, 6) is 3.05. The van der Waals surface area contributed by atoms with Crippen LogP contribution < -0.4 is 10.6 Å². The van der Waals surface area contributed by atoms with Crippen molar-refractivity contribution in [3.63, 3.8) is 0 Å². The highest BCUT2D eigenvalue weighted by atomic mass is 16.2. The van der Waals surface area contributed by atoms with E-state index in [0.29, 0.717) is 0 Å². The van der Waals surface area contributed by atoms with Gasteiger partial charge in [-0.3, -0.25) is 4.79 Å². The Hall–Kier alpha value is -0.570. The van der Waals surface area contributed by atoms with Gasteiger partial charge in [0.1, 0.15) is 0 Å². The summed E-state index contributed by atoms with van der Waals surface area (Å²) in [6, 6.07) is 0.0802. The normalized spacial score (nSPS) is 41.3. The first-order valence-electron chi connectivity index (χ1n) is 7.34. The number of amides is 1. The maximum absolute atomic E-state index is 11.8. The van der Waals surface area contributed by atoms with Crippen molar-refractivity contribution in [3.8, 4) is 0 Å². The minimum Gasteiger partial charge on any atom is -0.355 e. The Morgan fingerprint density at radius 2 is 2.12 bits per heavy atom. The van der Waals surface area contributed by atoms with Crippen LogP contribution in [-0.2, 0) is 4.79 Å². The van der Waals surface area contributed by atoms with E-state index >= 15 is 0 Å². The average molecular weight is 236 g/mol. The molecule has 3 rings (SSSR count). The molecular formula is C14H24N2O. The van der Waals surface area contributed by atoms with Crippen LogP contribution in [0.3, 0.4) is 0 Å². The van der Waals surface area contributed by atoms with Crippen LogP contribution in [0.5, 0.6) is 0 Å². The topological polar surface area (TPSA) is 41.1 Å². The number of nitrogens with one attached hydrogen (secondary N) is 2. The lowest BCUT2D eigenvalue weighted by molar-refractivity contribution is -0.122. The van der Waals surface area contributed by atoms with E-state index in [1.807, 2.05) is 0 Å². The van der Waals surface area contributed by atoms with Gasteiger partial charge in [-0.1, -0.05) is 6.42 Å². The quantitative estimate of drug-likeness (QED) is 0.783. The Morgan fingerprint density at radius 3 is 2.88 bits per heavy atom. The molecule has 2 aliphatic carbocycles. The van der Waals surface area contributed by atoms with Gasteiger partial charge in [-0.2, -0.15) is 0 Å². The van der Waals surface area contributed by atoms with Crippen molar-refractivity contribution in [2.75, 3.05) is 13.1 Å². The number of carbonyl (C=O) groups is 1. The van der Waals surface area contributed by atoms with E-state index in [4.69, 9.17) is 0 Å². The molecule has 4 unspecified atom stereocenters. The van der Waals surface area contributed by atoms with E-state index in [1.165, 1.54) is 32.1 Å². The predicted molar refractivity (Wildman–Crippen MR) is 67.6 cm³/mol. The predicted octanol–water partition coefficient (Wildman–Crippen LogP) is 1.68. The first-order chi connectivity index (χ1) is 8.33. The molecule has 1 aliphatic heterocycles. The minimum atomic E-state index is 0.0802. The molecule has 0 aromatic rings. The number of fused-ring (bicyclic) bond motifs is 2. The van der Waals surface area contributed by atoms with Crippen LogP contribution >= 0.6 is 0 Å². The first-order valence-corrected chi connectivity index (χ1v) is 7.34. The second-order valence-electron chi connectivity index (χ2n) is 6.18. The zero-order valence-electron chi connectivity index (χ0n) is 10.6. The van der Waals surface area contributed by atoms with E-state index in [1.54, 1.807) is 0 Å². The molecule has 4 atom stereocenters. The van der Waals surface area contributed by atoms with Gasteiger partial charge in [0.15, 0.2) is 0 Å². The third kappa shape index (κ3) is 2.49. The highest BCUT2D eigenvalue weighted by Gasteiger charge is 2.39. The fourth-order valence-corrected chi connectivity index (χ4v) is 4.05. The molecule has 2 bridgehead atoms. The van der Waals surface area contributed by atoms with Gasteiger partial charge in [-0.05, 0) is 62.8 Å². The second kappa shape index (κ2) is 4.97. The zero-order chi connectivity index (χ0) is 11.7. The van der Waals surface area contributed by atoms with Gasteiger partial charge in [-0.25, -0.2) is 0 Å². The molecule has 2 N–H and O–H groups in total. The summed E-state index contributed by atoms with van der Waals surface area (Å²) < 4.78 is 0. The van der Waals surface area contributed by atoms with Gasteiger partial charge < -0.3 is 10.6 Å². The summed E-state index contributed by atoms with van der Waals surface area (Å²) in [6.45, 7) is 1.93. The Kier molecular flexibility index (Phi) is 3.37. The zero-order valence-corrected chi connectivity index (χ0v) is 10.6. The Balaban J connectivity index is 1.48. The molecule has 1 saturated heterocycles. The number of hydrogen-bond donors (Lipinski definition) is 2. The molecule has 3 fully saturated rings. The molecule has 0 spiro atoms. The van der Waals surface area contributed by atoms with E-state index in [0.717, 1.165) is 43.7 Å². The fourth-order valence-electron chi connectivity index (χ4n) is 4.05. The average Bonchev–Trinajstić information content (AvgIpc) is 2.88. The van der Waals surface area contributed by atoms with E-state index < -0.39 is 0 Å². The lowest BCUT2D eigenvalue weighted by atomic mass is 9.88. The molecule has 0 aromatic heterocycles. The monoisotopic (exact) mass is 236 g/mol. The number of carbonyl (C=O) groups excluding carboxylic acids is 1. The Labute approximate surface area is 104 Å². The van der Waals surface area contributed by atoms with Crippen molar-refractivity contribution < 1.29 is 4.79 Å². The Bertz CT molecular complexity index is 292. The molecule has 0 radical (unpaired) electrons. The van der Waals surface area contributed by atoms with Crippen molar-refractivity contribution >= 4 is 5.91 Å². The second-order valence-corrected chi connectivity index (χ2v) is 6.18. The van der Waals surface area contributed by atoms with Gasteiger partial charge in [0.2, 0.25) is 5.91 Å². The van der Waals surface area contributed by atoms with E-state index in [9.17, 15) is 4.79 Å². The van der Waals surface area contributed by atoms with Crippen molar-refractivity contribution in [1.82, 2.24) is 10.6 Å². The van der Waals surface area contributed by atoms with Crippen LogP contribution in [0.1, 0.15) is 44.9 Å². The lowest BCUT2D eigenvalue weighted by Gasteiger charge is -2.24. The van der Waals surface area contributed by atoms with Crippen molar-refractivity contribution in [2.24, 2.45) is 17.8 Å². The largest absolute Gasteiger partial charge is 0.355 e. The maximum Gasteiger partial charge on any atom is 0.237 e. The lowest BCUT2D eigenvalue weighted by Crippen LogP contribution is -2.45. The molecule has 2 saturated carbocycles. The highest BCUT2D eigenvalue weighted by Crippen LogP contribution is 2.47. The molecule has 3 aliphatic rings. The number of hydrogen-bond acceptors (Lipinski definition) is 2. The van der Waals surface area contributed by atoms with Gasteiger partial charge in [-0.15, -0.1) is 0 Å². The summed E-state index contributed by atoms with van der Waals surface area (Å²) in [6.07, 6.45) is 9.10. The van der Waals surface area contributed by atoms with Crippen LogP contribution in [-0.4, -0.2) is 25.0 Å². The minimum absolute atomic E-state index is 0.0802. The summed E-state index contributed by atoms with van der Waals surface area (Å²) >= 11 is 0. The summed E-state index contributed by atoms with van der Waals surface area (Å²) in [5.41, 5.74) is 0. The molecule has 0 aromatic carbocycles. The summed E-state index contributed by atoms with van der Waals surface area (Å²) in [4.78, 5) is 11.8. The van der Waals surface area contributed by atoms with Crippen LogP contribution in [0.15, 0.2) is 0 Å². The number of rotatable bonds is 3. The van der Waals surface area contributed by atoms with Crippen LogP contribution in [0.25, 0.3) is 0 Å². The third-order valence-electron chi connectivity index (χ3n) is 5.05. The highest BCUT2D eigenvalue weighted by molar-refractivity contribution is 5.81. The fraction of sp³-hybridized carbons (Fsp3) is 0.929. The van der Waals surface area contributed by atoms with Gasteiger partial charge in [0, 0.05) is 6.54 Å². The molecule has 3 heteroatoms. The smallest absolute Gasteiger partial charge is 0.237 e. The molecular weight excluding hydrogens is 212 g/mol. The Morgan fingerprint density at radius 1 is 1.18 bits per heavy atom. The first kappa shape index (κ1) is 11.5. The van der Waals surface area contributed by atoms with Crippen molar-refractivity contribution in [1.29, 1.82) is 0 Å². The van der Waals surface area contributed by atoms with E-state index in [2.05, 4.69) is 10.6 Å². The maximum atomic E-state index is 11.8. The molecule has 1 amide bonds. The van der Waals surface area contributed by atoms with Crippen LogP contribution in [0.2, 0.25) is 0 Å². The molecule has 3 nitrogen and oxygen atoms in total. The van der Waals surface area contributed by atoms with Crippen LogP contribution in [0.4, 0.5) is 0 Å². The van der Waals surface area contributed by atoms with Crippen molar-refractivity contribution in [3.05, 3.63) is 0 Å².